The van der Waals surface area contributed by atoms with E-state index in [-0.39, 0.29) is 18.2 Å². The molecule has 1 aromatic rings. The summed E-state index contributed by atoms with van der Waals surface area (Å²) < 4.78 is 13.4. The molecule has 1 aliphatic rings. The van der Waals surface area contributed by atoms with Gasteiger partial charge in [-0.15, -0.1) is 0 Å². The molecule has 2 atom stereocenters. The lowest BCUT2D eigenvalue weighted by Crippen LogP contribution is -2.56. The minimum Gasteiger partial charge on any atom is -0.368 e. The molecule has 0 aromatic heterocycles. The van der Waals surface area contributed by atoms with Crippen LogP contribution in [0.25, 0.3) is 0 Å². The molecule has 0 spiro atoms. The quantitative estimate of drug-likeness (QED) is 0.683. The van der Waals surface area contributed by atoms with Crippen LogP contribution < -0.4 is 16.4 Å². The third kappa shape index (κ3) is 5.82. The number of carbonyl (C=O) groups is 3. The smallest absolute Gasteiger partial charge is 0.243 e. The Balaban J connectivity index is 2.10. The van der Waals surface area contributed by atoms with Crippen LogP contribution in [-0.2, 0) is 20.8 Å². The third-order valence-corrected chi connectivity index (χ3v) is 4.75. The summed E-state index contributed by atoms with van der Waals surface area (Å²) in [6, 6.07) is 4.18. The summed E-state index contributed by atoms with van der Waals surface area (Å²) in [6.45, 7) is 1.30. The zero-order valence-electron chi connectivity index (χ0n) is 15.0. The van der Waals surface area contributed by atoms with Crippen LogP contribution in [0.15, 0.2) is 24.3 Å². The van der Waals surface area contributed by atoms with Gasteiger partial charge in [-0.2, -0.15) is 0 Å². The Morgan fingerprint density at radius 2 is 1.88 bits per heavy atom. The van der Waals surface area contributed by atoms with E-state index < -0.39 is 29.7 Å². The predicted octanol–water partition coefficient (Wildman–Crippen LogP) is 1.42. The normalized spacial score (nSPS) is 17.2. The monoisotopic (exact) mass is 363 g/mol. The lowest BCUT2D eigenvalue weighted by Gasteiger charge is -2.30. The Morgan fingerprint density at radius 1 is 1.19 bits per heavy atom. The van der Waals surface area contributed by atoms with Gasteiger partial charge >= 0.3 is 0 Å². The van der Waals surface area contributed by atoms with Gasteiger partial charge in [0.15, 0.2) is 0 Å². The van der Waals surface area contributed by atoms with Crippen LogP contribution in [-0.4, -0.2) is 29.8 Å². The minimum absolute atomic E-state index is 0.0114. The van der Waals surface area contributed by atoms with Crippen molar-refractivity contribution in [2.24, 2.45) is 11.7 Å². The summed E-state index contributed by atoms with van der Waals surface area (Å²) in [4.78, 5) is 36.0. The standard InChI is InChI=1S/C19H26FN3O3/c1-12(24)22-16(11-13-6-5-9-15(20)10-13)19(26)23-17(18(21)25)14-7-3-2-4-8-14/h5-6,9-10,14,16-17H,2-4,7-8,11H2,1H3,(H2,21,25)(H,22,24)(H,23,26)/t16-,17+/m0/s1. The highest BCUT2D eigenvalue weighted by Gasteiger charge is 2.31. The lowest BCUT2D eigenvalue weighted by atomic mass is 9.83. The third-order valence-electron chi connectivity index (χ3n) is 4.75. The van der Waals surface area contributed by atoms with E-state index >= 15 is 0 Å². The average Bonchev–Trinajstić information content (AvgIpc) is 2.59. The zero-order valence-corrected chi connectivity index (χ0v) is 15.0. The molecule has 4 N–H and O–H groups in total. The van der Waals surface area contributed by atoms with Crippen LogP contribution in [0.3, 0.4) is 0 Å². The first-order valence-electron chi connectivity index (χ1n) is 8.98. The van der Waals surface area contributed by atoms with Gasteiger partial charge in [-0.3, -0.25) is 14.4 Å². The number of rotatable bonds is 7. The van der Waals surface area contributed by atoms with Crippen LogP contribution in [0.1, 0.15) is 44.6 Å². The maximum Gasteiger partial charge on any atom is 0.243 e. The zero-order chi connectivity index (χ0) is 19.1. The fraction of sp³-hybridized carbons (Fsp3) is 0.526. The number of amides is 3. The van der Waals surface area contributed by atoms with Crippen LogP contribution in [0, 0.1) is 11.7 Å². The van der Waals surface area contributed by atoms with Crippen molar-refractivity contribution >= 4 is 17.7 Å². The number of nitrogens with one attached hydrogen (secondary N) is 2. The molecule has 142 valence electrons. The van der Waals surface area contributed by atoms with E-state index in [2.05, 4.69) is 10.6 Å². The van der Waals surface area contributed by atoms with Gasteiger partial charge in [-0.1, -0.05) is 31.4 Å². The van der Waals surface area contributed by atoms with Gasteiger partial charge in [0, 0.05) is 13.3 Å². The summed E-state index contributed by atoms with van der Waals surface area (Å²) in [5, 5.41) is 5.27. The molecule has 3 amide bonds. The van der Waals surface area contributed by atoms with E-state index in [9.17, 15) is 18.8 Å². The lowest BCUT2D eigenvalue weighted by molar-refractivity contribution is -0.131. The van der Waals surface area contributed by atoms with Gasteiger partial charge in [0.25, 0.3) is 0 Å². The molecule has 0 bridgehead atoms. The number of hydrogen-bond acceptors (Lipinski definition) is 3. The molecule has 0 radical (unpaired) electrons. The second kappa shape index (κ2) is 9.31. The van der Waals surface area contributed by atoms with Crippen molar-refractivity contribution in [1.82, 2.24) is 10.6 Å². The Morgan fingerprint density at radius 3 is 2.46 bits per heavy atom. The molecule has 1 aliphatic carbocycles. The molecule has 0 saturated heterocycles. The molecule has 6 nitrogen and oxygen atoms in total. The molecule has 1 saturated carbocycles. The fourth-order valence-electron chi connectivity index (χ4n) is 3.50. The maximum absolute atomic E-state index is 13.4. The van der Waals surface area contributed by atoms with E-state index in [0.717, 1.165) is 32.1 Å². The number of nitrogens with two attached hydrogens (primary N) is 1. The van der Waals surface area contributed by atoms with Gasteiger partial charge in [-0.25, -0.2) is 4.39 Å². The molecule has 1 aromatic carbocycles. The topological polar surface area (TPSA) is 101 Å². The van der Waals surface area contributed by atoms with Gasteiger partial charge in [0.1, 0.15) is 17.9 Å². The van der Waals surface area contributed by atoms with Crippen LogP contribution >= 0.6 is 0 Å². The number of primary amides is 1. The Hall–Kier alpha value is -2.44. The highest BCUT2D eigenvalue weighted by atomic mass is 19.1. The molecule has 1 fully saturated rings. The van der Waals surface area contributed by atoms with Crippen molar-refractivity contribution in [1.29, 1.82) is 0 Å². The van der Waals surface area contributed by atoms with Gasteiger partial charge in [-0.05, 0) is 36.5 Å². The van der Waals surface area contributed by atoms with Crippen molar-refractivity contribution in [3.05, 3.63) is 35.6 Å². The highest BCUT2D eigenvalue weighted by molar-refractivity contribution is 5.91. The molecular formula is C19H26FN3O3. The van der Waals surface area contributed by atoms with Crippen molar-refractivity contribution < 1.29 is 18.8 Å². The molecule has 7 heteroatoms. The number of hydrogen-bond donors (Lipinski definition) is 3. The first kappa shape index (κ1) is 19.9. The van der Waals surface area contributed by atoms with Crippen LogP contribution in [0.2, 0.25) is 0 Å². The second-order valence-corrected chi connectivity index (χ2v) is 6.87. The summed E-state index contributed by atoms with van der Waals surface area (Å²) in [7, 11) is 0. The Kier molecular flexibility index (Phi) is 7.12. The van der Waals surface area contributed by atoms with Crippen LogP contribution in [0.5, 0.6) is 0 Å². The maximum atomic E-state index is 13.4. The van der Waals surface area contributed by atoms with E-state index in [1.807, 2.05) is 0 Å². The van der Waals surface area contributed by atoms with Crippen molar-refractivity contribution in [2.75, 3.05) is 0 Å². The van der Waals surface area contributed by atoms with Gasteiger partial charge in [0.2, 0.25) is 17.7 Å². The number of benzene rings is 1. The van der Waals surface area contributed by atoms with E-state index in [4.69, 9.17) is 5.73 Å². The molecule has 0 heterocycles. The average molecular weight is 363 g/mol. The molecule has 0 unspecified atom stereocenters. The summed E-state index contributed by atoms with van der Waals surface area (Å²) in [6.07, 6.45) is 4.92. The van der Waals surface area contributed by atoms with Gasteiger partial charge < -0.3 is 16.4 Å². The summed E-state index contributed by atoms with van der Waals surface area (Å²) in [5.41, 5.74) is 6.08. The van der Waals surface area contributed by atoms with Gasteiger partial charge in [0.05, 0.1) is 0 Å². The predicted molar refractivity (Wildman–Crippen MR) is 95.4 cm³/mol. The van der Waals surface area contributed by atoms with Crippen molar-refractivity contribution in [3.8, 4) is 0 Å². The first-order valence-corrected chi connectivity index (χ1v) is 8.98. The largest absolute Gasteiger partial charge is 0.368 e. The number of carbonyl (C=O) groups excluding carboxylic acids is 3. The van der Waals surface area contributed by atoms with E-state index in [1.165, 1.54) is 19.1 Å². The fourth-order valence-corrected chi connectivity index (χ4v) is 3.50. The Bertz CT molecular complexity index is 659. The van der Waals surface area contributed by atoms with Crippen molar-refractivity contribution in [2.45, 2.75) is 57.5 Å². The first-order chi connectivity index (χ1) is 12.4. The summed E-state index contributed by atoms with van der Waals surface area (Å²) >= 11 is 0. The SMILES string of the molecule is CC(=O)N[C@@H](Cc1cccc(F)c1)C(=O)N[C@@H](C(N)=O)C1CCCCC1. The highest BCUT2D eigenvalue weighted by Crippen LogP contribution is 2.26. The van der Waals surface area contributed by atoms with E-state index in [1.54, 1.807) is 12.1 Å². The summed E-state index contributed by atoms with van der Waals surface area (Å²) in [5.74, 6) is -1.84. The number of halogens is 1. The second-order valence-electron chi connectivity index (χ2n) is 6.87. The molecular weight excluding hydrogens is 337 g/mol. The van der Waals surface area contributed by atoms with Crippen LogP contribution in [0.4, 0.5) is 4.39 Å². The van der Waals surface area contributed by atoms with Crippen molar-refractivity contribution in [3.63, 3.8) is 0 Å². The minimum atomic E-state index is -0.903. The molecule has 0 aliphatic heterocycles. The Labute approximate surface area is 152 Å². The van der Waals surface area contributed by atoms with E-state index in [0.29, 0.717) is 5.56 Å². The molecule has 2 rings (SSSR count). The molecule has 26 heavy (non-hydrogen) atoms.